The van der Waals surface area contributed by atoms with E-state index in [0.717, 1.165) is 32.4 Å². The molecule has 0 atom stereocenters. The van der Waals surface area contributed by atoms with E-state index in [-0.39, 0.29) is 0 Å². The van der Waals surface area contributed by atoms with Crippen molar-refractivity contribution in [1.82, 2.24) is 5.32 Å². The minimum absolute atomic E-state index is 0.471. The molecule has 0 bridgehead atoms. The van der Waals surface area contributed by atoms with Crippen molar-refractivity contribution in [3.8, 4) is 0 Å². The van der Waals surface area contributed by atoms with Crippen molar-refractivity contribution in [1.29, 1.82) is 0 Å². The van der Waals surface area contributed by atoms with Gasteiger partial charge in [-0.2, -0.15) is 0 Å². The first kappa shape index (κ1) is 13.9. The molecule has 0 saturated heterocycles. The Morgan fingerprint density at radius 1 is 1.31 bits per heavy atom. The topological polar surface area (TPSA) is 41.5 Å². The van der Waals surface area contributed by atoms with Crippen LogP contribution in [0.4, 0.5) is 0 Å². The SMILES string of the molecule is CCC(O)(CC)CNCC1(CCOC)CC1. The number of aliphatic hydroxyl groups is 1. The molecule has 0 spiro atoms. The fourth-order valence-electron chi connectivity index (χ4n) is 2.07. The van der Waals surface area contributed by atoms with Crippen molar-refractivity contribution in [3.05, 3.63) is 0 Å². The second kappa shape index (κ2) is 5.99. The molecule has 0 aromatic carbocycles. The summed E-state index contributed by atoms with van der Waals surface area (Å²) in [6.45, 7) is 6.69. The van der Waals surface area contributed by atoms with Crippen molar-refractivity contribution in [2.45, 2.75) is 51.6 Å². The first-order valence-electron chi connectivity index (χ1n) is 6.52. The van der Waals surface area contributed by atoms with Gasteiger partial charge in [-0.3, -0.25) is 0 Å². The van der Waals surface area contributed by atoms with Gasteiger partial charge in [-0.25, -0.2) is 0 Å². The third kappa shape index (κ3) is 4.04. The molecule has 0 aromatic heterocycles. The summed E-state index contributed by atoms with van der Waals surface area (Å²) in [5.74, 6) is 0. The Kier molecular flexibility index (Phi) is 5.22. The molecule has 3 nitrogen and oxygen atoms in total. The minimum Gasteiger partial charge on any atom is -0.389 e. The highest BCUT2D eigenvalue weighted by atomic mass is 16.5. The maximum Gasteiger partial charge on any atom is 0.0766 e. The van der Waals surface area contributed by atoms with Crippen LogP contribution < -0.4 is 5.32 Å². The Labute approximate surface area is 99.6 Å². The molecular weight excluding hydrogens is 202 g/mol. The lowest BCUT2D eigenvalue weighted by Gasteiger charge is -2.27. The second-order valence-electron chi connectivity index (χ2n) is 5.28. The van der Waals surface area contributed by atoms with Crippen LogP contribution in [-0.2, 0) is 4.74 Å². The van der Waals surface area contributed by atoms with Crippen LogP contribution in [0, 0.1) is 5.41 Å². The molecule has 1 aliphatic rings. The Morgan fingerprint density at radius 2 is 1.94 bits per heavy atom. The number of methoxy groups -OCH3 is 1. The molecule has 16 heavy (non-hydrogen) atoms. The highest BCUT2D eigenvalue weighted by molar-refractivity contribution is 4.95. The van der Waals surface area contributed by atoms with E-state index >= 15 is 0 Å². The van der Waals surface area contributed by atoms with E-state index in [1.807, 2.05) is 13.8 Å². The number of hydrogen-bond acceptors (Lipinski definition) is 3. The molecule has 3 heteroatoms. The van der Waals surface area contributed by atoms with Crippen LogP contribution in [0.2, 0.25) is 0 Å². The monoisotopic (exact) mass is 229 g/mol. The molecule has 0 aromatic rings. The molecule has 0 radical (unpaired) electrons. The zero-order chi connectivity index (χ0) is 12.1. The van der Waals surface area contributed by atoms with Gasteiger partial charge in [0.25, 0.3) is 0 Å². The highest BCUT2D eigenvalue weighted by Gasteiger charge is 2.41. The van der Waals surface area contributed by atoms with Crippen molar-refractivity contribution in [2.24, 2.45) is 5.41 Å². The van der Waals surface area contributed by atoms with Gasteiger partial charge in [-0.15, -0.1) is 0 Å². The fraction of sp³-hybridized carbons (Fsp3) is 1.00. The number of hydrogen-bond donors (Lipinski definition) is 2. The van der Waals surface area contributed by atoms with Crippen LogP contribution >= 0.6 is 0 Å². The Hall–Kier alpha value is -0.120. The van der Waals surface area contributed by atoms with Crippen LogP contribution in [0.3, 0.4) is 0 Å². The van der Waals surface area contributed by atoms with Gasteiger partial charge < -0.3 is 15.2 Å². The van der Waals surface area contributed by atoms with E-state index in [2.05, 4.69) is 5.32 Å². The number of ether oxygens (including phenoxy) is 1. The molecule has 1 fully saturated rings. The molecular formula is C13H27NO2. The van der Waals surface area contributed by atoms with E-state index in [1.165, 1.54) is 12.8 Å². The van der Waals surface area contributed by atoms with Gasteiger partial charge in [-0.1, -0.05) is 13.8 Å². The van der Waals surface area contributed by atoms with E-state index in [1.54, 1.807) is 7.11 Å². The van der Waals surface area contributed by atoms with Crippen LogP contribution in [0.25, 0.3) is 0 Å². The van der Waals surface area contributed by atoms with Gasteiger partial charge in [0.15, 0.2) is 0 Å². The van der Waals surface area contributed by atoms with Gasteiger partial charge >= 0.3 is 0 Å². The van der Waals surface area contributed by atoms with Crippen LogP contribution in [-0.4, -0.2) is 37.5 Å². The summed E-state index contributed by atoms with van der Waals surface area (Å²) in [5, 5.41) is 13.6. The van der Waals surface area contributed by atoms with Gasteiger partial charge in [0.05, 0.1) is 5.60 Å². The number of rotatable bonds is 9. The standard InChI is InChI=1S/C13H27NO2/c1-4-13(15,5-2)11-14-10-12(6-7-12)8-9-16-3/h14-15H,4-11H2,1-3H3. The van der Waals surface area contributed by atoms with Crippen molar-refractivity contribution in [2.75, 3.05) is 26.8 Å². The summed E-state index contributed by atoms with van der Waals surface area (Å²) in [6.07, 6.45) is 5.40. The van der Waals surface area contributed by atoms with Gasteiger partial charge in [-0.05, 0) is 37.5 Å². The lowest BCUT2D eigenvalue weighted by molar-refractivity contribution is 0.0310. The normalized spacial score (nSPS) is 18.8. The summed E-state index contributed by atoms with van der Waals surface area (Å²) in [4.78, 5) is 0. The van der Waals surface area contributed by atoms with Crippen molar-refractivity contribution >= 4 is 0 Å². The molecule has 1 aliphatic carbocycles. The summed E-state index contributed by atoms with van der Waals surface area (Å²) in [7, 11) is 1.76. The molecule has 2 N–H and O–H groups in total. The van der Waals surface area contributed by atoms with Crippen LogP contribution in [0.5, 0.6) is 0 Å². The molecule has 0 amide bonds. The predicted octanol–water partition coefficient (Wildman–Crippen LogP) is 1.94. The third-order valence-corrected chi connectivity index (χ3v) is 4.06. The summed E-state index contributed by atoms with van der Waals surface area (Å²) in [5.41, 5.74) is -0.0459. The Bertz CT molecular complexity index is 198. The molecule has 0 aliphatic heterocycles. The molecule has 96 valence electrons. The maximum atomic E-state index is 10.1. The third-order valence-electron chi connectivity index (χ3n) is 4.06. The van der Waals surface area contributed by atoms with Crippen LogP contribution in [0.1, 0.15) is 46.0 Å². The summed E-state index contributed by atoms with van der Waals surface area (Å²) >= 11 is 0. The molecule has 1 rings (SSSR count). The van der Waals surface area contributed by atoms with Gasteiger partial charge in [0.2, 0.25) is 0 Å². The quantitative estimate of drug-likeness (QED) is 0.635. The molecule has 0 unspecified atom stereocenters. The maximum absolute atomic E-state index is 10.1. The average molecular weight is 229 g/mol. The second-order valence-corrected chi connectivity index (χ2v) is 5.28. The van der Waals surface area contributed by atoms with Crippen LogP contribution in [0.15, 0.2) is 0 Å². The largest absolute Gasteiger partial charge is 0.389 e. The minimum atomic E-state index is -0.517. The van der Waals surface area contributed by atoms with E-state index in [9.17, 15) is 5.11 Å². The van der Waals surface area contributed by atoms with E-state index in [4.69, 9.17) is 4.74 Å². The molecule has 1 saturated carbocycles. The highest BCUT2D eigenvalue weighted by Crippen LogP contribution is 2.48. The smallest absolute Gasteiger partial charge is 0.0766 e. The average Bonchev–Trinajstić information content (AvgIpc) is 3.07. The van der Waals surface area contributed by atoms with E-state index < -0.39 is 5.60 Å². The summed E-state index contributed by atoms with van der Waals surface area (Å²) in [6, 6.07) is 0. The molecule has 0 heterocycles. The Balaban J connectivity index is 2.19. The lowest BCUT2D eigenvalue weighted by atomic mass is 9.96. The van der Waals surface area contributed by atoms with Crippen molar-refractivity contribution in [3.63, 3.8) is 0 Å². The number of nitrogens with one attached hydrogen (secondary N) is 1. The fourth-order valence-corrected chi connectivity index (χ4v) is 2.07. The van der Waals surface area contributed by atoms with Crippen molar-refractivity contribution < 1.29 is 9.84 Å². The lowest BCUT2D eigenvalue weighted by Crippen LogP contribution is -2.41. The van der Waals surface area contributed by atoms with Gasteiger partial charge in [0.1, 0.15) is 0 Å². The Morgan fingerprint density at radius 3 is 2.38 bits per heavy atom. The predicted molar refractivity (Wildman–Crippen MR) is 66.6 cm³/mol. The summed E-state index contributed by atoms with van der Waals surface area (Å²) < 4.78 is 5.13. The first-order valence-corrected chi connectivity index (χ1v) is 6.52. The van der Waals surface area contributed by atoms with Gasteiger partial charge in [0, 0.05) is 26.8 Å². The zero-order valence-corrected chi connectivity index (χ0v) is 11.0. The first-order chi connectivity index (χ1) is 7.60. The van der Waals surface area contributed by atoms with E-state index in [0.29, 0.717) is 12.0 Å². The zero-order valence-electron chi connectivity index (χ0n) is 11.0.